The van der Waals surface area contributed by atoms with Gasteiger partial charge in [0.25, 0.3) is 0 Å². The molecule has 0 bridgehead atoms. The largest absolute Gasteiger partial charge is 0.480 e. The van der Waals surface area contributed by atoms with Gasteiger partial charge in [-0.05, 0) is 24.7 Å². The van der Waals surface area contributed by atoms with E-state index in [9.17, 15) is 9.59 Å². The van der Waals surface area contributed by atoms with Gasteiger partial charge in [-0.1, -0.05) is 33.6 Å². The molecule has 0 aromatic carbocycles. The second-order valence-corrected chi connectivity index (χ2v) is 6.17. The maximum atomic E-state index is 12.1. The Kier molecular flexibility index (Phi) is 6.99. The number of hydrogen-bond acceptors (Lipinski definition) is 3. The summed E-state index contributed by atoms with van der Waals surface area (Å²) in [6.45, 7) is 6.28. The summed E-state index contributed by atoms with van der Waals surface area (Å²) in [6, 6.07) is 0. The number of rotatable bonds is 7. The first-order valence-electron chi connectivity index (χ1n) is 7.51. The predicted molar refractivity (Wildman–Crippen MR) is 76.4 cm³/mol. The molecule has 1 aliphatic carbocycles. The number of carbonyl (C=O) groups is 2. The van der Waals surface area contributed by atoms with Gasteiger partial charge in [-0.2, -0.15) is 0 Å². The summed E-state index contributed by atoms with van der Waals surface area (Å²) < 4.78 is 5.72. The number of nitrogens with zero attached hydrogens (tertiary/aromatic N) is 1. The van der Waals surface area contributed by atoms with Crippen LogP contribution >= 0.6 is 0 Å². The number of carboxylic acid groups (broad SMARTS) is 1. The minimum atomic E-state index is -0.981. The van der Waals surface area contributed by atoms with Crippen LogP contribution < -0.4 is 0 Å². The van der Waals surface area contributed by atoms with Crippen LogP contribution in [0.3, 0.4) is 0 Å². The van der Waals surface area contributed by atoms with E-state index in [0.717, 1.165) is 19.3 Å². The Morgan fingerprint density at radius 1 is 1.30 bits per heavy atom. The first-order chi connectivity index (χ1) is 9.40. The van der Waals surface area contributed by atoms with E-state index in [0.29, 0.717) is 12.5 Å². The molecule has 0 aromatic rings. The molecule has 0 spiro atoms. The van der Waals surface area contributed by atoms with Gasteiger partial charge in [-0.15, -0.1) is 0 Å². The average molecular weight is 285 g/mol. The molecule has 2 atom stereocenters. The number of hydrogen-bond donors (Lipinski definition) is 1. The van der Waals surface area contributed by atoms with Crippen molar-refractivity contribution in [2.24, 2.45) is 11.8 Å². The summed E-state index contributed by atoms with van der Waals surface area (Å²) in [5, 5.41) is 8.87. The Bertz CT molecular complexity index is 330. The zero-order chi connectivity index (χ0) is 15.1. The van der Waals surface area contributed by atoms with E-state index in [1.807, 2.05) is 13.8 Å². The van der Waals surface area contributed by atoms with Gasteiger partial charge in [0.05, 0.1) is 6.10 Å². The van der Waals surface area contributed by atoms with Gasteiger partial charge in [0, 0.05) is 6.54 Å². The number of amides is 1. The second kappa shape index (κ2) is 8.25. The SMILES string of the molecule is CC(C)CN(CC(=O)O)C(=O)COC1CCCCC1C. The molecule has 5 heteroatoms. The summed E-state index contributed by atoms with van der Waals surface area (Å²) in [5.41, 5.74) is 0. The number of aliphatic carboxylic acids is 1. The van der Waals surface area contributed by atoms with Crippen LogP contribution in [0.2, 0.25) is 0 Å². The molecule has 1 amide bonds. The normalized spacial score (nSPS) is 22.8. The number of carboxylic acids is 1. The van der Waals surface area contributed by atoms with Crippen LogP contribution in [-0.4, -0.2) is 47.7 Å². The molecule has 1 rings (SSSR count). The average Bonchev–Trinajstić information content (AvgIpc) is 2.35. The Morgan fingerprint density at radius 3 is 2.50 bits per heavy atom. The van der Waals surface area contributed by atoms with Crippen LogP contribution in [0.25, 0.3) is 0 Å². The fraction of sp³-hybridized carbons (Fsp3) is 0.867. The first kappa shape index (κ1) is 17.0. The minimum Gasteiger partial charge on any atom is -0.480 e. The molecule has 1 saturated carbocycles. The summed E-state index contributed by atoms with van der Waals surface area (Å²) in [4.78, 5) is 24.3. The maximum absolute atomic E-state index is 12.1. The maximum Gasteiger partial charge on any atom is 0.323 e. The van der Waals surface area contributed by atoms with Crippen LogP contribution in [0.4, 0.5) is 0 Å². The lowest BCUT2D eigenvalue weighted by Crippen LogP contribution is -2.41. The van der Waals surface area contributed by atoms with Gasteiger partial charge in [-0.25, -0.2) is 0 Å². The molecule has 1 fully saturated rings. The molecule has 0 saturated heterocycles. The number of ether oxygens (including phenoxy) is 1. The van der Waals surface area contributed by atoms with E-state index in [1.165, 1.54) is 11.3 Å². The lowest BCUT2D eigenvalue weighted by atomic mass is 9.88. The van der Waals surface area contributed by atoms with Crippen molar-refractivity contribution in [1.82, 2.24) is 4.90 Å². The zero-order valence-electron chi connectivity index (χ0n) is 12.8. The van der Waals surface area contributed by atoms with Crippen molar-refractivity contribution in [2.75, 3.05) is 19.7 Å². The smallest absolute Gasteiger partial charge is 0.323 e. The highest BCUT2D eigenvalue weighted by Gasteiger charge is 2.24. The molecule has 0 heterocycles. The quantitative estimate of drug-likeness (QED) is 0.778. The minimum absolute atomic E-state index is 0.00495. The Hall–Kier alpha value is -1.10. The van der Waals surface area contributed by atoms with Crippen molar-refractivity contribution < 1.29 is 19.4 Å². The Morgan fingerprint density at radius 2 is 1.95 bits per heavy atom. The van der Waals surface area contributed by atoms with Crippen molar-refractivity contribution in [3.05, 3.63) is 0 Å². The Labute approximate surface area is 121 Å². The van der Waals surface area contributed by atoms with Gasteiger partial charge >= 0.3 is 5.97 Å². The summed E-state index contributed by atoms with van der Waals surface area (Å²) in [6.07, 6.45) is 4.65. The molecule has 116 valence electrons. The molecule has 1 aliphatic rings. The highest BCUT2D eigenvalue weighted by atomic mass is 16.5. The van der Waals surface area contributed by atoms with E-state index in [4.69, 9.17) is 9.84 Å². The van der Waals surface area contributed by atoms with Gasteiger partial charge in [-0.3, -0.25) is 9.59 Å². The van der Waals surface area contributed by atoms with Crippen molar-refractivity contribution in [3.63, 3.8) is 0 Å². The van der Waals surface area contributed by atoms with E-state index in [1.54, 1.807) is 0 Å². The summed E-state index contributed by atoms with van der Waals surface area (Å²) >= 11 is 0. The van der Waals surface area contributed by atoms with Crippen molar-refractivity contribution in [1.29, 1.82) is 0 Å². The molecular formula is C15H27NO4. The van der Waals surface area contributed by atoms with Crippen molar-refractivity contribution in [2.45, 2.75) is 52.6 Å². The van der Waals surface area contributed by atoms with Crippen molar-refractivity contribution >= 4 is 11.9 Å². The standard InChI is InChI=1S/C15H27NO4/c1-11(2)8-16(9-15(18)19)14(17)10-20-13-7-5-4-6-12(13)3/h11-13H,4-10H2,1-3H3,(H,18,19). The molecule has 0 radical (unpaired) electrons. The second-order valence-electron chi connectivity index (χ2n) is 6.17. The van der Waals surface area contributed by atoms with Gasteiger partial charge < -0.3 is 14.7 Å². The molecule has 1 N–H and O–H groups in total. The molecule has 0 aliphatic heterocycles. The zero-order valence-corrected chi connectivity index (χ0v) is 12.8. The molecule has 2 unspecified atom stereocenters. The van der Waals surface area contributed by atoms with Crippen molar-refractivity contribution in [3.8, 4) is 0 Å². The third-order valence-electron chi connectivity index (χ3n) is 3.72. The van der Waals surface area contributed by atoms with E-state index >= 15 is 0 Å². The summed E-state index contributed by atoms with van der Waals surface area (Å²) in [5.74, 6) is -0.481. The third-order valence-corrected chi connectivity index (χ3v) is 3.72. The monoisotopic (exact) mass is 285 g/mol. The first-order valence-corrected chi connectivity index (χ1v) is 7.51. The highest BCUT2D eigenvalue weighted by molar-refractivity contribution is 5.82. The van der Waals surface area contributed by atoms with Crippen LogP contribution in [0.15, 0.2) is 0 Å². The Balaban J connectivity index is 2.45. The highest BCUT2D eigenvalue weighted by Crippen LogP contribution is 2.26. The molecule has 5 nitrogen and oxygen atoms in total. The van der Waals surface area contributed by atoms with Gasteiger partial charge in [0.15, 0.2) is 0 Å². The summed E-state index contributed by atoms with van der Waals surface area (Å²) in [7, 11) is 0. The van der Waals surface area contributed by atoms with E-state index in [-0.39, 0.29) is 31.1 Å². The fourth-order valence-electron chi connectivity index (χ4n) is 2.66. The van der Waals surface area contributed by atoms with Crippen LogP contribution in [0.5, 0.6) is 0 Å². The number of carbonyl (C=O) groups excluding carboxylic acids is 1. The molecule has 20 heavy (non-hydrogen) atoms. The van der Waals surface area contributed by atoms with Gasteiger partial charge in [0.1, 0.15) is 13.2 Å². The van der Waals surface area contributed by atoms with Crippen LogP contribution in [-0.2, 0) is 14.3 Å². The van der Waals surface area contributed by atoms with Crippen LogP contribution in [0.1, 0.15) is 46.5 Å². The van der Waals surface area contributed by atoms with E-state index < -0.39 is 5.97 Å². The fourth-order valence-corrected chi connectivity index (χ4v) is 2.66. The van der Waals surface area contributed by atoms with Crippen LogP contribution in [0, 0.1) is 11.8 Å². The lowest BCUT2D eigenvalue weighted by Gasteiger charge is -2.30. The van der Waals surface area contributed by atoms with E-state index in [2.05, 4.69) is 6.92 Å². The molecular weight excluding hydrogens is 258 g/mol. The third kappa shape index (κ3) is 5.90. The molecule has 0 aromatic heterocycles. The van der Waals surface area contributed by atoms with Gasteiger partial charge in [0.2, 0.25) is 5.91 Å². The topological polar surface area (TPSA) is 66.8 Å². The lowest BCUT2D eigenvalue weighted by molar-refractivity contribution is -0.148. The predicted octanol–water partition coefficient (Wildman–Crippen LogP) is 2.15.